The number of halogens is 1. The Morgan fingerprint density at radius 3 is 2.00 bits per heavy atom. The van der Waals surface area contributed by atoms with Crippen molar-refractivity contribution in [3.8, 4) is 11.5 Å². The van der Waals surface area contributed by atoms with Gasteiger partial charge >= 0.3 is 0 Å². The van der Waals surface area contributed by atoms with Crippen molar-refractivity contribution < 1.29 is 23.7 Å². The number of allylic oxidation sites excluding steroid dienone is 7. The van der Waals surface area contributed by atoms with Gasteiger partial charge in [-0.1, -0.05) is 51.4 Å². The van der Waals surface area contributed by atoms with Gasteiger partial charge in [-0.05, 0) is 103 Å². The van der Waals surface area contributed by atoms with Crippen LogP contribution in [-0.4, -0.2) is 67.6 Å². The number of hydrogen-bond donors (Lipinski definition) is 0. The summed E-state index contributed by atoms with van der Waals surface area (Å²) in [4.78, 5) is 4.75. The lowest BCUT2D eigenvalue weighted by atomic mass is 9.76. The molecule has 0 radical (unpaired) electrons. The standard InChI is InChI=1S/C41H55ClN2O5/c1-27-23-31(47-9)25-33-37(27)43(19-21-45-7)35(39(33,3)4)16-15-29-13-12-14-30(36(29)42)17-18-41(49-11)40(5,6)34-26-32(48-10)24-28(2)38(34)44(41)20-22-46-8/h15-18,23-26H,12-14,19-22H2,1-11H3. The second-order valence-corrected chi connectivity index (χ2v) is 14.8. The maximum absolute atomic E-state index is 7.29. The van der Waals surface area contributed by atoms with E-state index in [-0.39, 0.29) is 5.41 Å². The van der Waals surface area contributed by atoms with E-state index in [1.807, 2.05) is 0 Å². The predicted molar refractivity (Wildman–Crippen MR) is 202 cm³/mol. The molecular formula is C41H55ClN2O5. The van der Waals surface area contributed by atoms with E-state index in [0.717, 1.165) is 64.7 Å². The molecule has 1 unspecified atom stereocenters. The maximum atomic E-state index is 7.29. The first kappa shape index (κ1) is 37.0. The van der Waals surface area contributed by atoms with E-state index in [1.165, 1.54) is 28.1 Å². The monoisotopic (exact) mass is 690 g/mol. The minimum atomic E-state index is -0.765. The van der Waals surface area contributed by atoms with Gasteiger partial charge in [-0.2, -0.15) is 0 Å². The third kappa shape index (κ3) is 6.33. The van der Waals surface area contributed by atoms with Crippen LogP contribution in [-0.2, 0) is 25.0 Å². The summed E-state index contributed by atoms with van der Waals surface area (Å²) >= 11 is 7.29. The molecule has 0 N–H and O–H groups in total. The summed E-state index contributed by atoms with van der Waals surface area (Å²) in [7, 11) is 8.74. The molecule has 5 rings (SSSR count). The van der Waals surface area contributed by atoms with Crippen molar-refractivity contribution in [3.05, 3.63) is 92.7 Å². The van der Waals surface area contributed by atoms with Crippen LogP contribution in [0.15, 0.2) is 70.4 Å². The van der Waals surface area contributed by atoms with E-state index in [0.29, 0.717) is 19.8 Å². The fourth-order valence-corrected chi connectivity index (χ4v) is 8.51. The third-order valence-corrected chi connectivity index (χ3v) is 11.4. The normalized spacial score (nSPS) is 22.9. The molecule has 2 heterocycles. The van der Waals surface area contributed by atoms with Gasteiger partial charge in [-0.3, -0.25) is 0 Å². The molecule has 2 aliphatic heterocycles. The number of fused-ring (bicyclic) bond motifs is 2. The van der Waals surface area contributed by atoms with E-state index < -0.39 is 11.1 Å². The van der Waals surface area contributed by atoms with Crippen molar-refractivity contribution >= 4 is 23.0 Å². The molecule has 0 fully saturated rings. The molecular weight excluding hydrogens is 636 g/mol. The lowest BCUT2D eigenvalue weighted by Gasteiger charge is -2.45. The molecule has 0 saturated heterocycles. The van der Waals surface area contributed by atoms with Crippen molar-refractivity contribution in [1.82, 2.24) is 0 Å². The highest BCUT2D eigenvalue weighted by Gasteiger charge is 2.57. The molecule has 49 heavy (non-hydrogen) atoms. The predicted octanol–water partition coefficient (Wildman–Crippen LogP) is 8.89. The molecule has 3 aliphatic rings. The zero-order chi connectivity index (χ0) is 35.7. The van der Waals surface area contributed by atoms with E-state index in [9.17, 15) is 0 Å². The van der Waals surface area contributed by atoms with Gasteiger partial charge in [0.2, 0.25) is 0 Å². The first-order valence-corrected chi connectivity index (χ1v) is 17.7. The smallest absolute Gasteiger partial charge is 0.169 e. The van der Waals surface area contributed by atoms with Crippen LogP contribution < -0.4 is 19.3 Å². The fraction of sp³-hybridized carbons (Fsp3) is 0.512. The van der Waals surface area contributed by atoms with E-state index in [1.54, 1.807) is 35.5 Å². The van der Waals surface area contributed by atoms with Gasteiger partial charge < -0.3 is 33.5 Å². The molecule has 0 aromatic heterocycles. The van der Waals surface area contributed by atoms with Crippen molar-refractivity contribution in [2.45, 2.75) is 77.4 Å². The molecule has 266 valence electrons. The zero-order valence-electron chi connectivity index (χ0n) is 31.4. The summed E-state index contributed by atoms with van der Waals surface area (Å²) in [5.74, 6) is 1.72. The summed E-state index contributed by atoms with van der Waals surface area (Å²) in [6.07, 6.45) is 11.7. The molecule has 7 nitrogen and oxygen atoms in total. The van der Waals surface area contributed by atoms with Crippen LogP contribution in [0.3, 0.4) is 0 Å². The number of anilines is 2. The van der Waals surface area contributed by atoms with Crippen LogP contribution >= 0.6 is 11.6 Å². The number of methoxy groups -OCH3 is 5. The number of ether oxygens (including phenoxy) is 5. The summed E-state index contributed by atoms with van der Waals surface area (Å²) in [5.41, 5.74) is 9.26. The van der Waals surface area contributed by atoms with E-state index >= 15 is 0 Å². The first-order valence-electron chi connectivity index (χ1n) is 17.3. The van der Waals surface area contributed by atoms with Gasteiger partial charge in [0, 0.05) is 67.4 Å². The Labute approximate surface area is 299 Å². The largest absolute Gasteiger partial charge is 0.497 e. The van der Waals surface area contributed by atoms with Crippen molar-refractivity contribution in [3.63, 3.8) is 0 Å². The van der Waals surface area contributed by atoms with Crippen LogP contribution in [0.4, 0.5) is 11.4 Å². The van der Waals surface area contributed by atoms with Gasteiger partial charge in [-0.15, -0.1) is 0 Å². The lowest BCUT2D eigenvalue weighted by Crippen LogP contribution is -2.56. The summed E-state index contributed by atoms with van der Waals surface area (Å²) in [6.45, 7) is 16.0. The van der Waals surface area contributed by atoms with Crippen LogP contribution in [0.1, 0.15) is 69.2 Å². The molecule has 2 aromatic rings. The second kappa shape index (κ2) is 14.6. The Kier molecular flexibility index (Phi) is 11.0. The molecule has 0 amide bonds. The Morgan fingerprint density at radius 1 is 0.776 bits per heavy atom. The number of nitrogens with zero attached hydrogens (tertiary/aromatic N) is 2. The van der Waals surface area contributed by atoms with Crippen LogP contribution in [0.5, 0.6) is 11.5 Å². The molecule has 2 aromatic carbocycles. The molecule has 0 bridgehead atoms. The number of rotatable bonds is 12. The van der Waals surface area contributed by atoms with Crippen molar-refractivity contribution in [2.24, 2.45) is 0 Å². The number of benzene rings is 2. The highest BCUT2D eigenvalue weighted by atomic mass is 35.5. The maximum Gasteiger partial charge on any atom is 0.169 e. The van der Waals surface area contributed by atoms with Crippen LogP contribution in [0.2, 0.25) is 0 Å². The average molecular weight is 691 g/mol. The number of hydrogen-bond acceptors (Lipinski definition) is 7. The topological polar surface area (TPSA) is 52.6 Å². The minimum absolute atomic E-state index is 0.229. The second-order valence-electron chi connectivity index (χ2n) is 14.4. The van der Waals surface area contributed by atoms with Crippen LogP contribution in [0, 0.1) is 13.8 Å². The summed E-state index contributed by atoms with van der Waals surface area (Å²) in [5, 5.41) is 0.815. The van der Waals surface area contributed by atoms with E-state index in [2.05, 4.69) is 99.9 Å². The van der Waals surface area contributed by atoms with E-state index in [4.69, 9.17) is 35.3 Å². The van der Waals surface area contributed by atoms with Gasteiger partial charge in [-0.25, -0.2) is 0 Å². The van der Waals surface area contributed by atoms with Gasteiger partial charge in [0.1, 0.15) is 11.5 Å². The fourth-order valence-electron chi connectivity index (χ4n) is 8.20. The van der Waals surface area contributed by atoms with Gasteiger partial charge in [0.15, 0.2) is 5.72 Å². The van der Waals surface area contributed by atoms with Crippen LogP contribution in [0.25, 0.3) is 0 Å². The Hall–Kier alpha value is -3.23. The Bertz CT molecular complexity index is 1690. The summed E-state index contributed by atoms with van der Waals surface area (Å²) < 4.78 is 29.0. The Morgan fingerprint density at radius 2 is 1.39 bits per heavy atom. The van der Waals surface area contributed by atoms with Gasteiger partial charge in [0.05, 0.1) is 27.4 Å². The van der Waals surface area contributed by atoms with Crippen molar-refractivity contribution in [1.29, 1.82) is 0 Å². The molecule has 1 atom stereocenters. The summed E-state index contributed by atoms with van der Waals surface area (Å²) in [6, 6.07) is 8.53. The lowest BCUT2D eigenvalue weighted by molar-refractivity contribution is -0.0190. The minimum Gasteiger partial charge on any atom is -0.497 e. The molecule has 0 saturated carbocycles. The quantitative estimate of drug-likeness (QED) is 0.221. The average Bonchev–Trinajstić information content (AvgIpc) is 3.41. The zero-order valence-corrected chi connectivity index (χ0v) is 32.1. The number of aryl methyl sites for hydroxylation is 2. The highest BCUT2D eigenvalue weighted by molar-refractivity contribution is 6.32. The molecule has 1 aliphatic carbocycles. The van der Waals surface area contributed by atoms with Gasteiger partial charge in [0.25, 0.3) is 0 Å². The third-order valence-electron chi connectivity index (χ3n) is 10.9. The first-order chi connectivity index (χ1) is 23.3. The molecule has 8 heteroatoms. The van der Waals surface area contributed by atoms with Crippen molar-refractivity contribution in [2.75, 3.05) is 71.7 Å². The highest BCUT2D eigenvalue weighted by Crippen LogP contribution is 2.55. The SMILES string of the molecule is COCCN1C(=CC=C2CCCC(C=CC3(OC)N(CCOC)c4c(C)cc(OC)cc4C3(C)C)=C2Cl)C(C)(C)c2cc(OC)cc(C)c21. The Balaban J connectivity index is 1.55. The molecule has 0 spiro atoms.